The minimum atomic E-state index is -1.36. The van der Waals surface area contributed by atoms with Crippen molar-refractivity contribution < 1.29 is 15.4 Å². The van der Waals surface area contributed by atoms with Crippen molar-refractivity contribution in [3.63, 3.8) is 0 Å². The van der Waals surface area contributed by atoms with Crippen molar-refractivity contribution in [2.45, 2.75) is 0 Å². The van der Waals surface area contributed by atoms with Crippen LogP contribution in [0.2, 0.25) is 0 Å². The lowest BCUT2D eigenvalue weighted by Gasteiger charge is -2.11. The Hall–Kier alpha value is -1.70. The first kappa shape index (κ1) is 9.39. The highest BCUT2D eigenvalue weighted by molar-refractivity contribution is 5.59. The summed E-state index contributed by atoms with van der Waals surface area (Å²) in [6.45, 7) is 0. The molecule has 7 heteroatoms. The van der Waals surface area contributed by atoms with Gasteiger partial charge in [-0.25, -0.2) is 5.21 Å². The summed E-state index contributed by atoms with van der Waals surface area (Å²) in [5.41, 5.74) is 4.61. The molecule has 1 atom stereocenters. The van der Waals surface area contributed by atoms with E-state index >= 15 is 0 Å². The number of hydrogen-bond acceptors (Lipinski definition) is 5. The third-order valence-corrected chi connectivity index (χ3v) is 1.45. The van der Waals surface area contributed by atoms with Crippen molar-refractivity contribution in [3.8, 4) is 0 Å². The number of quaternary nitrogens is 1. The summed E-state index contributed by atoms with van der Waals surface area (Å²) < 4.78 is 0. The third kappa shape index (κ3) is 1.90. The normalized spacial score (nSPS) is 12.5. The number of nitro groups is 1. The number of nitro benzene ring substituents is 1. The molecule has 0 amide bonds. The number of nitrogen functional groups attached to an aromatic ring is 1. The first-order valence-corrected chi connectivity index (χ1v) is 3.29. The van der Waals surface area contributed by atoms with Crippen molar-refractivity contribution in [3.05, 3.63) is 33.5 Å². The maximum atomic E-state index is 10.5. The van der Waals surface area contributed by atoms with E-state index in [0.29, 0.717) is 0 Å². The Kier molecular flexibility index (Phi) is 2.42. The van der Waals surface area contributed by atoms with E-state index in [9.17, 15) is 15.3 Å². The summed E-state index contributed by atoms with van der Waals surface area (Å²) in [5.74, 6) is 0. The molecule has 4 N–H and O–H groups in total. The Labute approximate surface area is 72.7 Å². The van der Waals surface area contributed by atoms with Crippen LogP contribution in [0.1, 0.15) is 0 Å². The van der Waals surface area contributed by atoms with Crippen LogP contribution < -0.4 is 11.0 Å². The predicted octanol–water partition coefficient (Wildman–Crippen LogP) is -0.420. The van der Waals surface area contributed by atoms with Crippen LogP contribution in [0.5, 0.6) is 0 Å². The third-order valence-electron chi connectivity index (χ3n) is 1.45. The lowest BCUT2D eigenvalue weighted by molar-refractivity contribution is -0.991. The van der Waals surface area contributed by atoms with Gasteiger partial charge >= 0.3 is 5.69 Å². The second-order valence-corrected chi connectivity index (χ2v) is 2.34. The summed E-state index contributed by atoms with van der Waals surface area (Å²) in [7, 11) is 0. The molecule has 0 spiro atoms. The standard InChI is InChI=1S/C6H7N3O4/c7-4-1-2-5(8(10)11)6(3-4)9(12)13/h1-3,9,12H,7H2. The Bertz CT molecular complexity index is 339. The average molecular weight is 185 g/mol. The molecule has 0 aromatic heterocycles. The fourth-order valence-electron chi connectivity index (χ4n) is 0.884. The summed E-state index contributed by atoms with van der Waals surface area (Å²) >= 11 is 0. The molecule has 1 unspecified atom stereocenters. The fourth-order valence-corrected chi connectivity index (χ4v) is 0.884. The number of nitrogens with zero attached hydrogens (tertiary/aromatic N) is 1. The van der Waals surface area contributed by atoms with Gasteiger partial charge in [0.2, 0.25) is 5.69 Å². The zero-order valence-electron chi connectivity index (χ0n) is 6.43. The minimum absolute atomic E-state index is 0.183. The highest BCUT2D eigenvalue weighted by Gasteiger charge is 2.19. The van der Waals surface area contributed by atoms with Gasteiger partial charge in [0.1, 0.15) is 0 Å². The molecule has 0 bridgehead atoms. The Morgan fingerprint density at radius 1 is 1.54 bits per heavy atom. The number of nitrogens with two attached hydrogens (primary N) is 1. The lowest BCUT2D eigenvalue weighted by atomic mass is 10.2. The highest BCUT2D eigenvalue weighted by atomic mass is 16.8. The quantitative estimate of drug-likeness (QED) is 0.328. The Morgan fingerprint density at radius 2 is 2.15 bits per heavy atom. The molecule has 0 aliphatic heterocycles. The Balaban J connectivity index is 3.26. The van der Waals surface area contributed by atoms with E-state index in [2.05, 4.69) is 0 Å². The topological polar surface area (TPSA) is 117 Å². The van der Waals surface area contributed by atoms with Crippen molar-refractivity contribution in [2.75, 3.05) is 5.73 Å². The van der Waals surface area contributed by atoms with Crippen molar-refractivity contribution in [1.29, 1.82) is 0 Å². The zero-order valence-corrected chi connectivity index (χ0v) is 6.43. The van der Waals surface area contributed by atoms with Crippen LogP contribution in [0.3, 0.4) is 0 Å². The van der Waals surface area contributed by atoms with Crippen molar-refractivity contribution in [1.82, 2.24) is 0 Å². The average Bonchev–Trinajstić information content (AvgIpc) is 2.03. The van der Waals surface area contributed by atoms with Gasteiger partial charge in [-0.15, -0.1) is 0 Å². The van der Waals surface area contributed by atoms with Crippen LogP contribution in [0.4, 0.5) is 17.1 Å². The van der Waals surface area contributed by atoms with Crippen LogP contribution >= 0.6 is 0 Å². The summed E-state index contributed by atoms with van der Waals surface area (Å²) in [6.07, 6.45) is 0. The van der Waals surface area contributed by atoms with E-state index in [-0.39, 0.29) is 5.69 Å². The fraction of sp³-hybridized carbons (Fsp3) is 0. The van der Waals surface area contributed by atoms with E-state index in [1.54, 1.807) is 0 Å². The van der Waals surface area contributed by atoms with Gasteiger partial charge in [-0.2, -0.15) is 5.23 Å². The summed E-state index contributed by atoms with van der Waals surface area (Å²) in [4.78, 5) is 9.58. The molecule has 7 nitrogen and oxygen atoms in total. The van der Waals surface area contributed by atoms with E-state index in [0.717, 1.165) is 12.1 Å². The summed E-state index contributed by atoms with van der Waals surface area (Å²) in [6, 6.07) is 3.41. The molecule has 1 aromatic rings. The first-order valence-electron chi connectivity index (χ1n) is 3.29. The number of benzene rings is 1. The van der Waals surface area contributed by atoms with E-state index in [1.165, 1.54) is 6.07 Å². The molecule has 13 heavy (non-hydrogen) atoms. The largest absolute Gasteiger partial charge is 0.595 e. The van der Waals surface area contributed by atoms with Crippen LogP contribution in [0, 0.1) is 15.3 Å². The Morgan fingerprint density at radius 3 is 2.62 bits per heavy atom. The van der Waals surface area contributed by atoms with Crippen molar-refractivity contribution >= 4 is 17.1 Å². The van der Waals surface area contributed by atoms with Crippen molar-refractivity contribution in [2.24, 2.45) is 0 Å². The maximum absolute atomic E-state index is 10.5. The molecule has 1 aromatic carbocycles. The van der Waals surface area contributed by atoms with Crippen LogP contribution in [-0.2, 0) is 0 Å². The second-order valence-electron chi connectivity index (χ2n) is 2.34. The van der Waals surface area contributed by atoms with Gasteiger partial charge in [0.05, 0.1) is 4.92 Å². The molecular formula is C6H7N3O4. The SMILES string of the molecule is Nc1ccc([N+](=O)[O-])c([NH+]([O-])O)c1. The number of hydrogen-bond donors (Lipinski definition) is 3. The maximum Gasteiger partial charge on any atom is 0.332 e. The summed E-state index contributed by atoms with van der Waals surface area (Å²) in [5, 5.41) is 28.1. The number of nitrogens with one attached hydrogen (secondary N) is 1. The van der Waals surface area contributed by atoms with E-state index in [1.807, 2.05) is 0 Å². The van der Waals surface area contributed by atoms with Gasteiger partial charge in [0, 0.05) is 17.8 Å². The van der Waals surface area contributed by atoms with Crippen LogP contribution in [0.15, 0.2) is 18.2 Å². The molecule has 0 aliphatic carbocycles. The molecule has 0 heterocycles. The molecule has 0 fully saturated rings. The molecule has 0 saturated carbocycles. The van der Waals surface area contributed by atoms with Gasteiger partial charge in [-0.05, 0) is 6.07 Å². The molecule has 70 valence electrons. The molecule has 1 rings (SSSR count). The highest BCUT2D eigenvalue weighted by Crippen LogP contribution is 2.22. The number of rotatable bonds is 2. The smallest absolute Gasteiger partial charge is 0.332 e. The molecule has 0 saturated heterocycles. The molecule has 0 radical (unpaired) electrons. The van der Waals surface area contributed by atoms with Crippen LogP contribution in [0.25, 0.3) is 0 Å². The molecular weight excluding hydrogens is 178 g/mol. The monoisotopic (exact) mass is 185 g/mol. The molecule has 0 aliphatic rings. The second kappa shape index (κ2) is 3.35. The minimum Gasteiger partial charge on any atom is -0.595 e. The van der Waals surface area contributed by atoms with Gasteiger partial charge < -0.3 is 10.9 Å². The lowest BCUT2D eigenvalue weighted by Crippen LogP contribution is -2.99. The van der Waals surface area contributed by atoms with Gasteiger partial charge in [-0.3, -0.25) is 10.1 Å². The zero-order chi connectivity index (χ0) is 10.0. The van der Waals surface area contributed by atoms with Gasteiger partial charge in [0.15, 0.2) is 0 Å². The van der Waals surface area contributed by atoms with E-state index < -0.39 is 21.5 Å². The first-order chi connectivity index (χ1) is 6.02. The van der Waals surface area contributed by atoms with Crippen LogP contribution in [-0.4, -0.2) is 10.1 Å². The predicted molar refractivity (Wildman–Crippen MR) is 43.3 cm³/mol. The van der Waals surface area contributed by atoms with Gasteiger partial charge in [-0.1, -0.05) is 0 Å². The van der Waals surface area contributed by atoms with E-state index in [4.69, 9.17) is 10.9 Å². The van der Waals surface area contributed by atoms with Gasteiger partial charge in [0.25, 0.3) is 0 Å². The number of anilines is 1.